The Morgan fingerprint density at radius 1 is 1.14 bits per heavy atom. The van der Waals surface area contributed by atoms with Crippen LogP contribution >= 0.6 is 0 Å². The molecule has 5 atom stereocenters. The lowest BCUT2D eigenvalue weighted by Crippen LogP contribution is -2.60. The first kappa shape index (κ1) is 22.7. The molecule has 3 aliphatic rings. The molecule has 0 saturated carbocycles. The smallest absolute Gasteiger partial charge is 0.262 e. The molecule has 0 bridgehead atoms. The van der Waals surface area contributed by atoms with Gasteiger partial charge in [-0.15, -0.1) is 6.58 Å². The lowest BCUT2D eigenvalue weighted by atomic mass is 9.58. The second-order valence-corrected chi connectivity index (χ2v) is 10.5. The summed E-state index contributed by atoms with van der Waals surface area (Å²) < 4.78 is 1.41. The van der Waals surface area contributed by atoms with Crippen molar-refractivity contribution in [3.8, 4) is 0 Å². The van der Waals surface area contributed by atoms with Crippen LogP contribution in [0.4, 0.5) is 5.69 Å². The van der Waals surface area contributed by atoms with Crippen molar-refractivity contribution in [1.29, 1.82) is 0 Å². The number of carbonyl (C=O) groups is 2. The van der Waals surface area contributed by atoms with Crippen molar-refractivity contribution in [1.82, 2.24) is 14.5 Å². The number of allylic oxidation sites excluding steroid dienone is 1. The zero-order valence-electron chi connectivity index (χ0n) is 20.7. The third kappa shape index (κ3) is 2.38. The molecule has 1 fully saturated rings. The van der Waals surface area contributed by atoms with E-state index in [0.29, 0.717) is 22.4 Å². The Balaban J connectivity index is 1.73. The van der Waals surface area contributed by atoms with E-state index in [4.69, 9.17) is 4.98 Å². The number of benzene rings is 2. The van der Waals surface area contributed by atoms with Crippen LogP contribution in [0.15, 0.2) is 66.0 Å². The number of hydrogen-bond acceptors (Lipinski definition) is 5. The third-order valence-electron chi connectivity index (χ3n) is 8.60. The van der Waals surface area contributed by atoms with Gasteiger partial charge in [-0.3, -0.25) is 23.9 Å². The molecular formula is C28H28N4O4. The second kappa shape index (κ2) is 7.13. The number of fused-ring (bicyclic) bond motifs is 8. The number of amides is 2. The minimum absolute atomic E-state index is 0.239. The van der Waals surface area contributed by atoms with Gasteiger partial charge in [0, 0.05) is 12.6 Å². The highest BCUT2D eigenvalue weighted by atomic mass is 16.3. The van der Waals surface area contributed by atoms with Gasteiger partial charge in [0.25, 0.3) is 5.56 Å². The maximum atomic E-state index is 14.1. The van der Waals surface area contributed by atoms with E-state index in [0.717, 1.165) is 5.56 Å². The fourth-order valence-electron chi connectivity index (χ4n) is 6.88. The van der Waals surface area contributed by atoms with Gasteiger partial charge in [0.1, 0.15) is 24.1 Å². The molecule has 0 aliphatic carbocycles. The van der Waals surface area contributed by atoms with Crippen molar-refractivity contribution < 1.29 is 14.7 Å². The van der Waals surface area contributed by atoms with E-state index >= 15 is 0 Å². The first-order valence-corrected chi connectivity index (χ1v) is 12.1. The van der Waals surface area contributed by atoms with Gasteiger partial charge in [0.05, 0.1) is 22.4 Å². The van der Waals surface area contributed by atoms with Crippen molar-refractivity contribution in [3.05, 3.63) is 82.9 Å². The molecule has 2 amide bonds. The van der Waals surface area contributed by atoms with Crippen molar-refractivity contribution >= 4 is 28.4 Å². The molecule has 3 aromatic rings. The number of aliphatic hydroxyl groups excluding tert-OH is 1. The molecule has 1 saturated heterocycles. The lowest BCUT2D eigenvalue weighted by molar-refractivity contribution is -0.142. The number of aliphatic hydroxyl groups is 1. The zero-order valence-corrected chi connectivity index (χ0v) is 20.7. The van der Waals surface area contributed by atoms with Crippen LogP contribution in [0, 0.1) is 5.41 Å². The van der Waals surface area contributed by atoms with Crippen molar-refractivity contribution in [2.75, 3.05) is 4.90 Å². The third-order valence-corrected chi connectivity index (χ3v) is 8.60. The first-order valence-electron chi connectivity index (χ1n) is 12.1. The van der Waals surface area contributed by atoms with Gasteiger partial charge in [0.15, 0.2) is 0 Å². The first-order chi connectivity index (χ1) is 17.1. The van der Waals surface area contributed by atoms with E-state index in [1.807, 2.05) is 38.1 Å². The summed E-state index contributed by atoms with van der Waals surface area (Å²) in [5, 5.41) is 12.8. The minimum Gasteiger partial charge on any atom is -0.389 e. The average Bonchev–Trinajstić information content (AvgIpc) is 3.32. The highest BCUT2D eigenvalue weighted by Crippen LogP contribution is 2.65. The van der Waals surface area contributed by atoms with Gasteiger partial charge >= 0.3 is 0 Å². The van der Waals surface area contributed by atoms with E-state index in [1.165, 1.54) is 11.5 Å². The normalized spacial score (nSPS) is 28.5. The molecule has 1 N–H and O–H groups in total. The van der Waals surface area contributed by atoms with E-state index in [2.05, 4.69) is 6.58 Å². The van der Waals surface area contributed by atoms with Crippen LogP contribution in [0.3, 0.4) is 0 Å². The SMILES string of the molecule is C=CC(C)(C)[C@]12c3ccccc3N(C(C)=O)[C@H]1N1C(=O)[C@@H](C)n3c(nc4ccccc4c3=O)[C@@H]1C2O. The monoisotopic (exact) mass is 484 g/mol. The Morgan fingerprint density at radius 3 is 2.50 bits per heavy atom. The summed E-state index contributed by atoms with van der Waals surface area (Å²) in [6.07, 6.45) is -0.207. The summed E-state index contributed by atoms with van der Waals surface area (Å²) in [6.45, 7) is 11.1. The topological polar surface area (TPSA) is 95.7 Å². The molecule has 6 rings (SSSR count). The van der Waals surface area contributed by atoms with Crippen molar-refractivity contribution in [2.45, 2.75) is 57.5 Å². The molecule has 8 heteroatoms. The standard InChI is InChI=1S/C28H28N4O4/c1-6-27(4,5)28-18-12-8-10-14-20(18)31(16(3)33)26(28)32-21(22(28)34)23-29-19-13-9-7-11-17(19)25(36)30(23)15(2)24(32)35/h6-15,21-22,26,34H,1H2,2-5H3/t15-,21+,22?,26+,28+/m1/s1. The largest absolute Gasteiger partial charge is 0.389 e. The van der Waals surface area contributed by atoms with E-state index in [-0.39, 0.29) is 17.4 Å². The molecule has 8 nitrogen and oxygen atoms in total. The number of para-hydroxylation sites is 2. The minimum atomic E-state index is -1.17. The van der Waals surface area contributed by atoms with Crippen LogP contribution in [0.5, 0.6) is 0 Å². The van der Waals surface area contributed by atoms with Crippen LogP contribution < -0.4 is 10.5 Å². The van der Waals surface area contributed by atoms with Gasteiger partial charge in [-0.05, 0) is 36.1 Å². The molecule has 1 aromatic heterocycles. The van der Waals surface area contributed by atoms with Crippen molar-refractivity contribution in [2.24, 2.45) is 5.41 Å². The van der Waals surface area contributed by atoms with E-state index < -0.39 is 35.2 Å². The molecule has 3 aliphatic heterocycles. The van der Waals surface area contributed by atoms with Gasteiger partial charge in [-0.25, -0.2) is 4.98 Å². The maximum absolute atomic E-state index is 14.1. The number of aromatic nitrogens is 2. The maximum Gasteiger partial charge on any atom is 0.262 e. The summed E-state index contributed by atoms with van der Waals surface area (Å²) >= 11 is 0. The van der Waals surface area contributed by atoms with Gasteiger partial charge in [-0.1, -0.05) is 50.3 Å². The van der Waals surface area contributed by atoms with E-state index in [1.54, 1.807) is 47.1 Å². The summed E-state index contributed by atoms with van der Waals surface area (Å²) in [5.74, 6) is -0.249. The number of rotatable bonds is 2. The van der Waals surface area contributed by atoms with Gasteiger partial charge in [-0.2, -0.15) is 0 Å². The Labute approximate surface area is 208 Å². The van der Waals surface area contributed by atoms with E-state index in [9.17, 15) is 19.5 Å². The zero-order chi connectivity index (χ0) is 25.7. The molecule has 0 spiro atoms. The Bertz CT molecular complexity index is 1540. The van der Waals surface area contributed by atoms with Gasteiger partial charge < -0.3 is 10.0 Å². The van der Waals surface area contributed by atoms with Crippen LogP contribution in [0.2, 0.25) is 0 Å². The number of carbonyl (C=O) groups excluding carboxylic acids is 2. The van der Waals surface area contributed by atoms with Crippen LogP contribution in [0.1, 0.15) is 51.2 Å². The molecule has 184 valence electrons. The number of hydrogen-bond donors (Lipinski definition) is 1. The van der Waals surface area contributed by atoms with Crippen molar-refractivity contribution in [3.63, 3.8) is 0 Å². The molecule has 0 radical (unpaired) electrons. The summed E-state index contributed by atoms with van der Waals surface area (Å²) in [7, 11) is 0. The fraction of sp³-hybridized carbons (Fsp3) is 0.357. The number of nitrogens with zero attached hydrogens (tertiary/aromatic N) is 4. The van der Waals surface area contributed by atoms with Crippen LogP contribution in [-0.2, 0) is 15.0 Å². The summed E-state index contributed by atoms with van der Waals surface area (Å²) in [5.41, 5.74) is -0.235. The molecule has 36 heavy (non-hydrogen) atoms. The predicted octanol–water partition coefficient (Wildman–Crippen LogP) is 3.06. The number of anilines is 1. The lowest BCUT2D eigenvalue weighted by Gasteiger charge is -2.46. The van der Waals surface area contributed by atoms with Crippen LogP contribution in [-0.4, -0.2) is 43.6 Å². The molecule has 1 unspecified atom stereocenters. The Kier molecular flexibility index (Phi) is 4.49. The summed E-state index contributed by atoms with van der Waals surface area (Å²) in [4.78, 5) is 48.8. The molecular weight excluding hydrogens is 456 g/mol. The highest BCUT2D eigenvalue weighted by Gasteiger charge is 2.74. The highest BCUT2D eigenvalue weighted by molar-refractivity contribution is 5.98. The summed E-state index contributed by atoms with van der Waals surface area (Å²) in [6, 6.07) is 12.7. The second-order valence-electron chi connectivity index (χ2n) is 10.5. The molecule has 2 aromatic carbocycles. The van der Waals surface area contributed by atoms with Gasteiger partial charge in [0.2, 0.25) is 11.8 Å². The Hall–Kier alpha value is -3.78. The Morgan fingerprint density at radius 2 is 1.81 bits per heavy atom. The fourth-order valence-corrected chi connectivity index (χ4v) is 6.88. The van der Waals surface area contributed by atoms with Crippen LogP contribution in [0.25, 0.3) is 10.9 Å². The molecule has 4 heterocycles. The average molecular weight is 485 g/mol. The quantitative estimate of drug-likeness (QED) is 0.564. The predicted molar refractivity (Wildman–Crippen MR) is 135 cm³/mol.